The van der Waals surface area contributed by atoms with Crippen LogP contribution in [-0.4, -0.2) is 13.2 Å². The number of hydrogen-bond donors (Lipinski definition) is 1. The van der Waals surface area contributed by atoms with Crippen molar-refractivity contribution in [3.63, 3.8) is 0 Å². The van der Waals surface area contributed by atoms with Gasteiger partial charge >= 0.3 is 0 Å². The van der Waals surface area contributed by atoms with E-state index in [2.05, 4.69) is 55.6 Å². The summed E-state index contributed by atoms with van der Waals surface area (Å²) in [6.07, 6.45) is 2.24. The van der Waals surface area contributed by atoms with Crippen LogP contribution in [0.4, 0.5) is 0 Å². The Labute approximate surface area is 127 Å². The molecule has 0 amide bonds. The van der Waals surface area contributed by atoms with E-state index in [1.165, 1.54) is 27.8 Å². The van der Waals surface area contributed by atoms with Gasteiger partial charge in [0.15, 0.2) is 0 Å². The smallest absolute Gasteiger partial charge is 0.130 e. The van der Waals surface area contributed by atoms with Crippen LogP contribution in [0.15, 0.2) is 36.4 Å². The predicted octanol–water partition coefficient (Wildman–Crippen LogP) is 4.10. The molecule has 2 aromatic carbocycles. The largest absolute Gasteiger partial charge is 0.493 e. The molecule has 0 fully saturated rings. The standard InChI is InChI=1S/C19H23NO/c1-3-20-13-16-10-9-14(2)12-18(16)17-8-4-6-15-7-5-11-21-19(15)17/h4,6,8-10,12,20H,3,5,7,11,13H2,1-2H3. The number of para-hydroxylation sites is 1. The van der Waals surface area contributed by atoms with E-state index in [1.54, 1.807) is 0 Å². The molecule has 21 heavy (non-hydrogen) atoms. The Balaban J connectivity index is 2.09. The Kier molecular flexibility index (Phi) is 4.26. The van der Waals surface area contributed by atoms with Gasteiger partial charge in [0, 0.05) is 12.1 Å². The average Bonchev–Trinajstić information content (AvgIpc) is 2.53. The first kappa shape index (κ1) is 14.2. The molecule has 0 atom stereocenters. The summed E-state index contributed by atoms with van der Waals surface area (Å²) in [5, 5.41) is 3.43. The van der Waals surface area contributed by atoms with Gasteiger partial charge in [0.2, 0.25) is 0 Å². The lowest BCUT2D eigenvalue weighted by Gasteiger charge is -2.22. The summed E-state index contributed by atoms with van der Waals surface area (Å²) in [7, 11) is 0. The lowest BCUT2D eigenvalue weighted by atomic mass is 9.93. The van der Waals surface area contributed by atoms with Crippen LogP contribution in [0, 0.1) is 6.92 Å². The summed E-state index contributed by atoms with van der Waals surface area (Å²) in [4.78, 5) is 0. The van der Waals surface area contributed by atoms with E-state index >= 15 is 0 Å². The van der Waals surface area contributed by atoms with Crippen molar-refractivity contribution < 1.29 is 4.74 Å². The highest BCUT2D eigenvalue weighted by molar-refractivity contribution is 5.75. The molecule has 1 aliphatic rings. The Morgan fingerprint density at radius 2 is 2.05 bits per heavy atom. The number of nitrogens with one attached hydrogen (secondary N) is 1. The molecule has 110 valence electrons. The van der Waals surface area contributed by atoms with Gasteiger partial charge in [0.1, 0.15) is 5.75 Å². The molecule has 1 aliphatic heterocycles. The summed E-state index contributed by atoms with van der Waals surface area (Å²) in [5.41, 5.74) is 6.51. The molecular formula is C19H23NO. The van der Waals surface area contributed by atoms with E-state index in [4.69, 9.17) is 4.74 Å². The van der Waals surface area contributed by atoms with Crippen molar-refractivity contribution in [1.82, 2.24) is 5.32 Å². The predicted molar refractivity (Wildman–Crippen MR) is 87.8 cm³/mol. The molecular weight excluding hydrogens is 258 g/mol. The van der Waals surface area contributed by atoms with Crippen molar-refractivity contribution in [2.24, 2.45) is 0 Å². The minimum Gasteiger partial charge on any atom is -0.493 e. The summed E-state index contributed by atoms with van der Waals surface area (Å²) in [6, 6.07) is 13.2. The lowest BCUT2D eigenvalue weighted by molar-refractivity contribution is 0.289. The zero-order valence-corrected chi connectivity index (χ0v) is 12.9. The zero-order valence-electron chi connectivity index (χ0n) is 12.9. The highest BCUT2D eigenvalue weighted by atomic mass is 16.5. The van der Waals surface area contributed by atoms with E-state index in [0.717, 1.165) is 38.3 Å². The highest BCUT2D eigenvalue weighted by Crippen LogP contribution is 2.38. The monoisotopic (exact) mass is 281 g/mol. The van der Waals surface area contributed by atoms with Crippen molar-refractivity contribution in [2.45, 2.75) is 33.2 Å². The van der Waals surface area contributed by atoms with Gasteiger partial charge in [-0.3, -0.25) is 0 Å². The van der Waals surface area contributed by atoms with Crippen LogP contribution in [0.3, 0.4) is 0 Å². The third-order valence-corrected chi connectivity index (χ3v) is 4.05. The molecule has 0 bridgehead atoms. The van der Waals surface area contributed by atoms with Gasteiger partial charge in [-0.25, -0.2) is 0 Å². The number of hydrogen-bond acceptors (Lipinski definition) is 2. The molecule has 0 radical (unpaired) electrons. The van der Waals surface area contributed by atoms with E-state index in [9.17, 15) is 0 Å². The van der Waals surface area contributed by atoms with E-state index in [0.29, 0.717) is 0 Å². The van der Waals surface area contributed by atoms with Crippen LogP contribution in [0.2, 0.25) is 0 Å². The highest BCUT2D eigenvalue weighted by Gasteiger charge is 2.17. The molecule has 0 unspecified atom stereocenters. The van der Waals surface area contributed by atoms with Crippen LogP contribution in [-0.2, 0) is 13.0 Å². The molecule has 1 N–H and O–H groups in total. The fraction of sp³-hybridized carbons (Fsp3) is 0.368. The zero-order chi connectivity index (χ0) is 14.7. The number of ether oxygens (including phenoxy) is 1. The second kappa shape index (κ2) is 6.31. The summed E-state index contributed by atoms with van der Waals surface area (Å²) >= 11 is 0. The second-order valence-electron chi connectivity index (χ2n) is 5.69. The van der Waals surface area contributed by atoms with Crippen molar-refractivity contribution in [3.05, 3.63) is 53.1 Å². The van der Waals surface area contributed by atoms with Gasteiger partial charge in [0.05, 0.1) is 6.61 Å². The number of fused-ring (bicyclic) bond motifs is 1. The van der Waals surface area contributed by atoms with Gasteiger partial charge < -0.3 is 10.1 Å². The Bertz CT molecular complexity index is 633. The fourth-order valence-electron chi connectivity index (χ4n) is 2.96. The van der Waals surface area contributed by atoms with Crippen LogP contribution in [0.1, 0.15) is 30.0 Å². The van der Waals surface area contributed by atoms with E-state index < -0.39 is 0 Å². The molecule has 2 heteroatoms. The molecule has 2 nitrogen and oxygen atoms in total. The normalized spacial score (nSPS) is 13.6. The number of aryl methyl sites for hydroxylation is 2. The first-order chi connectivity index (χ1) is 10.3. The Morgan fingerprint density at radius 1 is 1.14 bits per heavy atom. The van der Waals surface area contributed by atoms with Crippen LogP contribution >= 0.6 is 0 Å². The van der Waals surface area contributed by atoms with Gasteiger partial charge in [-0.2, -0.15) is 0 Å². The molecule has 1 heterocycles. The third kappa shape index (κ3) is 2.96. The Hall–Kier alpha value is -1.80. The van der Waals surface area contributed by atoms with Crippen LogP contribution in [0.25, 0.3) is 11.1 Å². The van der Waals surface area contributed by atoms with Crippen molar-refractivity contribution in [1.29, 1.82) is 0 Å². The maximum Gasteiger partial charge on any atom is 0.130 e. The first-order valence-corrected chi connectivity index (χ1v) is 7.85. The van der Waals surface area contributed by atoms with Gasteiger partial charge in [-0.05, 0) is 43.0 Å². The van der Waals surface area contributed by atoms with Gasteiger partial charge in [0.25, 0.3) is 0 Å². The SMILES string of the molecule is CCNCc1ccc(C)cc1-c1cccc2c1OCCC2. The molecule has 0 saturated heterocycles. The molecule has 0 saturated carbocycles. The summed E-state index contributed by atoms with van der Waals surface area (Å²) in [5.74, 6) is 1.09. The molecule has 0 spiro atoms. The third-order valence-electron chi connectivity index (χ3n) is 4.05. The first-order valence-electron chi connectivity index (χ1n) is 7.85. The number of benzene rings is 2. The minimum atomic E-state index is 0.832. The van der Waals surface area contributed by atoms with Crippen molar-refractivity contribution in [2.75, 3.05) is 13.2 Å². The Morgan fingerprint density at radius 3 is 2.90 bits per heavy atom. The molecule has 2 aromatic rings. The van der Waals surface area contributed by atoms with E-state index in [-0.39, 0.29) is 0 Å². The average molecular weight is 281 g/mol. The summed E-state index contributed by atoms with van der Waals surface area (Å²) < 4.78 is 5.99. The number of rotatable bonds is 4. The maximum absolute atomic E-state index is 5.99. The van der Waals surface area contributed by atoms with Crippen molar-refractivity contribution >= 4 is 0 Å². The van der Waals surface area contributed by atoms with Gasteiger partial charge in [-0.15, -0.1) is 0 Å². The van der Waals surface area contributed by atoms with Crippen LogP contribution < -0.4 is 10.1 Å². The van der Waals surface area contributed by atoms with E-state index in [1.807, 2.05) is 0 Å². The summed E-state index contributed by atoms with van der Waals surface area (Å²) in [6.45, 7) is 7.00. The molecule has 0 aromatic heterocycles. The van der Waals surface area contributed by atoms with Crippen LogP contribution in [0.5, 0.6) is 5.75 Å². The molecule has 0 aliphatic carbocycles. The molecule has 3 rings (SSSR count). The second-order valence-corrected chi connectivity index (χ2v) is 5.69. The van der Waals surface area contributed by atoms with Crippen molar-refractivity contribution in [3.8, 4) is 16.9 Å². The fourth-order valence-corrected chi connectivity index (χ4v) is 2.96. The lowest BCUT2D eigenvalue weighted by Crippen LogP contribution is -2.13. The topological polar surface area (TPSA) is 21.3 Å². The van der Waals surface area contributed by atoms with Gasteiger partial charge in [-0.1, -0.05) is 48.9 Å². The maximum atomic E-state index is 5.99. The quantitative estimate of drug-likeness (QED) is 0.911. The minimum absolute atomic E-state index is 0.832.